The zero-order chi connectivity index (χ0) is 8.23. The molecule has 0 saturated carbocycles. The van der Waals surface area contributed by atoms with Crippen molar-refractivity contribution < 1.29 is 0 Å². The first-order chi connectivity index (χ1) is 5.97. The third kappa shape index (κ3) is 3.10. The summed E-state index contributed by atoms with van der Waals surface area (Å²) in [7, 11) is 0. The molecule has 0 spiro atoms. The van der Waals surface area contributed by atoms with Crippen LogP contribution in [-0.2, 0) is 0 Å². The summed E-state index contributed by atoms with van der Waals surface area (Å²) in [6.07, 6.45) is 10.9. The molecule has 0 aromatic rings. The summed E-state index contributed by atoms with van der Waals surface area (Å²) in [6, 6.07) is 0. The second-order valence-electron chi connectivity index (χ2n) is 4.07. The van der Waals surface area contributed by atoms with Crippen molar-refractivity contribution in [3.05, 3.63) is 11.6 Å². The second-order valence-corrected chi connectivity index (χ2v) is 4.07. The van der Waals surface area contributed by atoms with Gasteiger partial charge >= 0.3 is 0 Å². The average molecular weight is 246 g/mol. The Hall–Kier alpha value is 0.180. The normalized spacial score (nSPS) is 28.9. The Morgan fingerprint density at radius 3 is 2.77 bits per heavy atom. The maximum absolute atomic E-state index is 3.49. The minimum Gasteiger partial charge on any atom is -0.316 e. The smallest absolute Gasteiger partial charge is 0.00169 e. The van der Waals surface area contributed by atoms with Crippen LogP contribution in [0.2, 0.25) is 0 Å². The number of halogens is 1. The van der Waals surface area contributed by atoms with Crippen LogP contribution in [0.1, 0.15) is 38.5 Å². The molecule has 0 aromatic carbocycles. The van der Waals surface area contributed by atoms with Crippen molar-refractivity contribution in [1.82, 2.24) is 5.32 Å². The van der Waals surface area contributed by atoms with Gasteiger partial charge in [-0.1, -0.05) is 11.6 Å². The topological polar surface area (TPSA) is 12.0 Å². The molecule has 1 fully saturated rings. The molecular weight excluding hydrogens is 226 g/mol. The van der Waals surface area contributed by atoms with Gasteiger partial charge in [-0.15, -0.1) is 17.0 Å². The summed E-state index contributed by atoms with van der Waals surface area (Å²) in [5.41, 5.74) is 1.76. The molecule has 2 heteroatoms. The molecule has 2 aliphatic rings. The average Bonchev–Trinajstić information content (AvgIpc) is 2.21. The number of allylic oxidation sites excluding steroid dienone is 1. The third-order valence-corrected chi connectivity index (χ3v) is 3.15. The largest absolute Gasteiger partial charge is 0.316 e. The van der Waals surface area contributed by atoms with Gasteiger partial charge in [0.15, 0.2) is 0 Å². The Bertz CT molecular complexity index is 171. The van der Waals surface area contributed by atoms with Crippen molar-refractivity contribution in [3.8, 4) is 0 Å². The highest BCUT2D eigenvalue weighted by Gasteiger charge is 2.17. The quantitative estimate of drug-likeness (QED) is 0.701. The molecule has 1 aliphatic carbocycles. The van der Waals surface area contributed by atoms with Gasteiger partial charge in [0.05, 0.1) is 0 Å². The Morgan fingerprint density at radius 2 is 2.15 bits per heavy atom. The van der Waals surface area contributed by atoms with E-state index >= 15 is 0 Å². The molecule has 13 heavy (non-hydrogen) atoms. The van der Waals surface area contributed by atoms with E-state index in [1.807, 2.05) is 0 Å². The Labute approximate surface area is 91.7 Å². The first-order valence-corrected chi connectivity index (χ1v) is 5.36. The Balaban J connectivity index is 0.000000845. The van der Waals surface area contributed by atoms with Gasteiger partial charge in [0, 0.05) is 6.54 Å². The molecule has 1 N–H and O–H groups in total. The molecule has 1 unspecified atom stereocenters. The molecular formula is C11H20BrN. The van der Waals surface area contributed by atoms with Gasteiger partial charge in [0.2, 0.25) is 0 Å². The van der Waals surface area contributed by atoms with Crippen LogP contribution < -0.4 is 5.32 Å². The van der Waals surface area contributed by atoms with Gasteiger partial charge in [-0.2, -0.15) is 0 Å². The maximum Gasteiger partial charge on any atom is 0.00169 e. The molecule has 1 heterocycles. The second kappa shape index (κ2) is 5.82. The zero-order valence-electron chi connectivity index (χ0n) is 8.22. The third-order valence-electron chi connectivity index (χ3n) is 3.15. The van der Waals surface area contributed by atoms with Crippen LogP contribution in [0.5, 0.6) is 0 Å². The van der Waals surface area contributed by atoms with E-state index in [1.54, 1.807) is 5.57 Å². The number of rotatable bonds is 1. The Morgan fingerprint density at radius 1 is 1.23 bits per heavy atom. The predicted octanol–water partition coefficient (Wildman–Crippen LogP) is 3.06. The zero-order valence-corrected chi connectivity index (χ0v) is 9.93. The molecule has 0 amide bonds. The highest BCUT2D eigenvalue weighted by Crippen LogP contribution is 2.27. The maximum atomic E-state index is 3.49. The molecule has 0 radical (unpaired) electrons. The van der Waals surface area contributed by atoms with E-state index in [-0.39, 0.29) is 17.0 Å². The highest BCUT2D eigenvalue weighted by atomic mass is 79.9. The highest BCUT2D eigenvalue weighted by molar-refractivity contribution is 8.93. The van der Waals surface area contributed by atoms with E-state index in [9.17, 15) is 0 Å². The lowest BCUT2D eigenvalue weighted by atomic mass is 9.85. The van der Waals surface area contributed by atoms with Crippen LogP contribution in [0.3, 0.4) is 0 Å². The van der Waals surface area contributed by atoms with E-state index in [2.05, 4.69) is 11.4 Å². The lowest BCUT2D eigenvalue weighted by molar-refractivity contribution is 0.405. The van der Waals surface area contributed by atoms with Gasteiger partial charge < -0.3 is 5.32 Å². The molecule has 1 nitrogen and oxygen atoms in total. The van der Waals surface area contributed by atoms with Gasteiger partial charge in [-0.25, -0.2) is 0 Å². The summed E-state index contributed by atoms with van der Waals surface area (Å²) < 4.78 is 0. The Kier molecular flexibility index (Phi) is 5.04. The fourth-order valence-corrected chi connectivity index (χ4v) is 2.40. The van der Waals surface area contributed by atoms with E-state index in [4.69, 9.17) is 0 Å². The molecule has 1 atom stereocenters. The number of piperidine rings is 1. The summed E-state index contributed by atoms with van der Waals surface area (Å²) in [4.78, 5) is 0. The first-order valence-electron chi connectivity index (χ1n) is 5.36. The fourth-order valence-electron chi connectivity index (χ4n) is 2.40. The fraction of sp³-hybridized carbons (Fsp3) is 0.818. The predicted molar refractivity (Wildman–Crippen MR) is 62.5 cm³/mol. The van der Waals surface area contributed by atoms with Crippen molar-refractivity contribution in [2.75, 3.05) is 13.1 Å². The van der Waals surface area contributed by atoms with Crippen molar-refractivity contribution in [2.45, 2.75) is 38.5 Å². The molecule has 1 saturated heterocycles. The number of nitrogens with one attached hydrogen (secondary N) is 1. The van der Waals surface area contributed by atoms with E-state index in [1.165, 1.54) is 51.6 Å². The van der Waals surface area contributed by atoms with Crippen LogP contribution in [0.15, 0.2) is 11.6 Å². The van der Waals surface area contributed by atoms with E-state index < -0.39 is 0 Å². The van der Waals surface area contributed by atoms with Gasteiger partial charge in [0.1, 0.15) is 0 Å². The molecule has 0 bridgehead atoms. The molecule has 76 valence electrons. The summed E-state index contributed by atoms with van der Waals surface area (Å²) in [5.74, 6) is 0.888. The van der Waals surface area contributed by atoms with Crippen LogP contribution in [0.4, 0.5) is 0 Å². The van der Waals surface area contributed by atoms with Crippen LogP contribution in [-0.4, -0.2) is 13.1 Å². The summed E-state index contributed by atoms with van der Waals surface area (Å²) in [5, 5.41) is 3.49. The standard InChI is InChI=1S/C11H19N.BrH/c1-2-5-10(6-3-1)11-7-4-8-12-9-11;/h5,11-12H,1-4,6-9H2;1H. The van der Waals surface area contributed by atoms with Crippen molar-refractivity contribution in [1.29, 1.82) is 0 Å². The number of hydrogen-bond acceptors (Lipinski definition) is 1. The van der Waals surface area contributed by atoms with Crippen molar-refractivity contribution in [2.24, 2.45) is 5.92 Å². The summed E-state index contributed by atoms with van der Waals surface area (Å²) in [6.45, 7) is 2.48. The van der Waals surface area contributed by atoms with E-state index in [0.717, 1.165) is 5.92 Å². The van der Waals surface area contributed by atoms with Gasteiger partial charge in [-0.05, 0) is 51.0 Å². The van der Waals surface area contributed by atoms with Crippen LogP contribution in [0, 0.1) is 5.92 Å². The van der Waals surface area contributed by atoms with Gasteiger partial charge in [-0.3, -0.25) is 0 Å². The van der Waals surface area contributed by atoms with Crippen LogP contribution in [0.25, 0.3) is 0 Å². The van der Waals surface area contributed by atoms with Gasteiger partial charge in [0.25, 0.3) is 0 Å². The van der Waals surface area contributed by atoms with E-state index in [0.29, 0.717) is 0 Å². The SMILES string of the molecule is Br.C1=C(C2CCCNC2)CCCC1. The van der Waals surface area contributed by atoms with Crippen molar-refractivity contribution in [3.63, 3.8) is 0 Å². The van der Waals surface area contributed by atoms with Crippen LogP contribution >= 0.6 is 17.0 Å². The molecule has 2 rings (SSSR count). The lowest BCUT2D eigenvalue weighted by Crippen LogP contribution is -2.31. The monoisotopic (exact) mass is 245 g/mol. The minimum absolute atomic E-state index is 0. The van der Waals surface area contributed by atoms with Crippen molar-refractivity contribution >= 4 is 17.0 Å². The molecule has 1 aliphatic heterocycles. The number of hydrogen-bond donors (Lipinski definition) is 1. The first kappa shape index (κ1) is 11.3. The lowest BCUT2D eigenvalue weighted by Gasteiger charge is -2.27. The minimum atomic E-state index is 0. The molecule has 0 aromatic heterocycles. The summed E-state index contributed by atoms with van der Waals surface area (Å²) >= 11 is 0.